The topological polar surface area (TPSA) is 99.0 Å². The number of hydrogen-bond donors (Lipinski definition) is 3. The van der Waals surface area contributed by atoms with Gasteiger partial charge >= 0.3 is 11.9 Å². The second-order valence-corrected chi connectivity index (χ2v) is 6.50. The molecule has 0 spiro atoms. The van der Waals surface area contributed by atoms with Crippen molar-refractivity contribution < 1.29 is 19.8 Å². The number of halogens is 1. The number of aliphatic carboxylic acids is 2. The van der Waals surface area contributed by atoms with Crippen LogP contribution in [0.3, 0.4) is 0 Å². The molecule has 0 fully saturated rings. The molecule has 25 heavy (non-hydrogen) atoms. The highest BCUT2D eigenvalue weighted by molar-refractivity contribution is 6.31. The number of aryl methyl sites for hydroxylation is 1. The monoisotopic (exact) mass is 364 g/mol. The number of nitrogens with one attached hydrogen (secondary N) is 1. The van der Waals surface area contributed by atoms with E-state index in [-0.39, 0.29) is 0 Å². The quantitative estimate of drug-likeness (QED) is 0.713. The Bertz CT molecular complexity index is 664. The first-order valence-corrected chi connectivity index (χ1v) is 8.48. The molecule has 1 heterocycles. The van der Waals surface area contributed by atoms with E-state index in [0.29, 0.717) is 18.2 Å². The lowest BCUT2D eigenvalue weighted by molar-refractivity contribution is -0.134. The van der Waals surface area contributed by atoms with Gasteiger partial charge in [-0.25, -0.2) is 9.59 Å². The predicted molar refractivity (Wildman–Crippen MR) is 96.3 cm³/mol. The van der Waals surface area contributed by atoms with Crippen molar-refractivity contribution in [3.8, 4) is 0 Å². The number of carboxylic acids is 2. The van der Waals surface area contributed by atoms with Crippen LogP contribution in [0.4, 0.5) is 0 Å². The van der Waals surface area contributed by atoms with Gasteiger partial charge in [0.15, 0.2) is 0 Å². The molecule has 1 aliphatic heterocycles. The molecule has 0 aromatic heterocycles. The highest BCUT2D eigenvalue weighted by Crippen LogP contribution is 2.32. The summed E-state index contributed by atoms with van der Waals surface area (Å²) in [6.45, 7) is 0.936. The van der Waals surface area contributed by atoms with Gasteiger partial charge in [0, 0.05) is 23.2 Å². The van der Waals surface area contributed by atoms with E-state index in [1.165, 1.54) is 30.4 Å². The fourth-order valence-electron chi connectivity index (χ4n) is 3.10. The molecule has 134 valence electrons. The minimum atomic E-state index is -1.26. The van der Waals surface area contributed by atoms with Crippen molar-refractivity contribution in [1.29, 1.82) is 0 Å². The average Bonchev–Trinajstić information content (AvgIpc) is 3.07. The molecular weight excluding hydrogens is 344 g/mol. The number of rotatable bonds is 4. The van der Waals surface area contributed by atoms with Gasteiger partial charge in [0.1, 0.15) is 0 Å². The number of carboxylic acid groups (broad SMARTS) is 2. The zero-order chi connectivity index (χ0) is 18.2. The van der Waals surface area contributed by atoms with Crippen LogP contribution < -0.4 is 5.32 Å². The van der Waals surface area contributed by atoms with Crippen LogP contribution in [0.15, 0.2) is 35.3 Å². The van der Waals surface area contributed by atoms with Gasteiger partial charge in [-0.15, -0.1) is 0 Å². The van der Waals surface area contributed by atoms with Crippen molar-refractivity contribution in [3.63, 3.8) is 0 Å². The molecule has 3 rings (SSSR count). The summed E-state index contributed by atoms with van der Waals surface area (Å²) in [4.78, 5) is 23.3. The van der Waals surface area contributed by atoms with E-state index in [0.717, 1.165) is 23.9 Å². The number of fused-ring (bicyclic) bond motifs is 1. The van der Waals surface area contributed by atoms with E-state index >= 15 is 0 Å². The van der Waals surface area contributed by atoms with Gasteiger partial charge in [-0.05, 0) is 48.8 Å². The summed E-state index contributed by atoms with van der Waals surface area (Å²) in [5.41, 5.74) is 2.83. The maximum Gasteiger partial charge on any atom is 0.328 e. The van der Waals surface area contributed by atoms with Crippen LogP contribution >= 0.6 is 11.6 Å². The minimum absolute atomic E-state index is 0.545. The predicted octanol–water partition coefficient (Wildman–Crippen LogP) is 2.55. The van der Waals surface area contributed by atoms with E-state index in [9.17, 15) is 9.59 Å². The Morgan fingerprint density at radius 1 is 1.28 bits per heavy atom. The molecule has 3 N–H and O–H groups in total. The van der Waals surface area contributed by atoms with E-state index in [1.807, 2.05) is 12.4 Å². The standard InChI is InChI=1S/C14H17ClN2.C4H4O4/c15-14-3-1-2-11-5-4-10(7-13(11)14)6-12-8-16-9-17-12;5-3(6)1-2-4(7)8/h1-3,9-10,12H,4-8H2,(H,16,17);1-2H,(H,5,6)(H,7,8)/b;2-1+. The Kier molecular flexibility index (Phi) is 7.01. The van der Waals surface area contributed by atoms with Crippen LogP contribution in [0, 0.1) is 5.92 Å². The van der Waals surface area contributed by atoms with Crippen LogP contribution in [0.1, 0.15) is 24.0 Å². The molecule has 1 aromatic carbocycles. The smallest absolute Gasteiger partial charge is 0.328 e. The molecule has 0 radical (unpaired) electrons. The largest absolute Gasteiger partial charge is 0.478 e. The van der Waals surface area contributed by atoms with Gasteiger partial charge in [-0.3, -0.25) is 4.99 Å². The molecule has 2 atom stereocenters. The maximum atomic E-state index is 9.55. The normalized spacial score (nSPS) is 21.2. The number of aliphatic imine (C=N–C) groups is 1. The van der Waals surface area contributed by atoms with E-state index < -0.39 is 11.9 Å². The van der Waals surface area contributed by atoms with Gasteiger partial charge < -0.3 is 15.5 Å². The molecular formula is C18H21ClN2O4. The van der Waals surface area contributed by atoms with Gasteiger partial charge in [-0.2, -0.15) is 0 Å². The molecule has 6 nitrogen and oxygen atoms in total. The highest BCUT2D eigenvalue weighted by Gasteiger charge is 2.23. The van der Waals surface area contributed by atoms with Crippen molar-refractivity contribution in [1.82, 2.24) is 5.32 Å². The summed E-state index contributed by atoms with van der Waals surface area (Å²) in [5, 5.41) is 19.9. The third-order valence-corrected chi connectivity index (χ3v) is 4.60. The number of benzene rings is 1. The van der Waals surface area contributed by atoms with E-state index in [2.05, 4.69) is 22.4 Å². The fraction of sp³-hybridized carbons (Fsp3) is 0.389. The van der Waals surface area contributed by atoms with Crippen molar-refractivity contribution in [2.45, 2.75) is 31.7 Å². The first-order valence-electron chi connectivity index (χ1n) is 8.10. The lowest BCUT2D eigenvalue weighted by Gasteiger charge is -2.27. The second kappa shape index (κ2) is 9.22. The molecule has 1 aromatic rings. The van der Waals surface area contributed by atoms with E-state index in [1.54, 1.807) is 0 Å². The SMILES string of the molecule is Clc1cccc2c1CC(CC1CN=CN1)CC2.O=C(O)/C=C/C(=O)O. The van der Waals surface area contributed by atoms with Crippen LogP contribution in [-0.2, 0) is 22.4 Å². The van der Waals surface area contributed by atoms with Crippen LogP contribution in [0.5, 0.6) is 0 Å². The summed E-state index contributed by atoms with van der Waals surface area (Å²) in [5.74, 6) is -1.76. The van der Waals surface area contributed by atoms with Crippen LogP contribution in [0.25, 0.3) is 0 Å². The zero-order valence-corrected chi connectivity index (χ0v) is 14.4. The van der Waals surface area contributed by atoms with Crippen molar-refractivity contribution in [2.75, 3.05) is 6.54 Å². The summed E-state index contributed by atoms with van der Waals surface area (Å²) >= 11 is 6.28. The Labute approximate surface area is 151 Å². The molecule has 1 aliphatic carbocycles. The van der Waals surface area contributed by atoms with Gasteiger partial charge in [0.25, 0.3) is 0 Å². The Morgan fingerprint density at radius 2 is 2.00 bits per heavy atom. The molecule has 0 amide bonds. The maximum absolute atomic E-state index is 9.55. The first-order chi connectivity index (χ1) is 12.0. The molecule has 0 saturated heterocycles. The third kappa shape index (κ3) is 6.23. The molecule has 0 saturated carbocycles. The summed E-state index contributed by atoms with van der Waals surface area (Å²) in [6, 6.07) is 6.84. The molecule has 0 bridgehead atoms. The van der Waals surface area contributed by atoms with Gasteiger partial charge in [0.05, 0.1) is 12.9 Å². The lowest BCUT2D eigenvalue weighted by Crippen LogP contribution is -2.29. The number of carbonyl (C=O) groups is 2. The minimum Gasteiger partial charge on any atom is -0.478 e. The molecule has 7 heteroatoms. The lowest BCUT2D eigenvalue weighted by atomic mass is 9.81. The fourth-order valence-corrected chi connectivity index (χ4v) is 3.37. The van der Waals surface area contributed by atoms with Gasteiger partial charge in [-0.1, -0.05) is 23.7 Å². The Morgan fingerprint density at radius 3 is 2.60 bits per heavy atom. The van der Waals surface area contributed by atoms with Crippen LogP contribution in [0.2, 0.25) is 5.02 Å². The summed E-state index contributed by atoms with van der Waals surface area (Å²) < 4.78 is 0. The second-order valence-electron chi connectivity index (χ2n) is 6.09. The number of hydrogen-bond acceptors (Lipinski definition) is 4. The number of nitrogens with zero attached hydrogens (tertiary/aromatic N) is 1. The summed E-state index contributed by atoms with van der Waals surface area (Å²) in [7, 11) is 0. The van der Waals surface area contributed by atoms with Crippen molar-refractivity contribution in [2.24, 2.45) is 10.9 Å². The Hall–Kier alpha value is -2.34. The first kappa shape index (κ1) is 19.0. The third-order valence-electron chi connectivity index (χ3n) is 4.24. The highest BCUT2D eigenvalue weighted by atomic mass is 35.5. The Balaban J connectivity index is 0.000000242. The van der Waals surface area contributed by atoms with E-state index in [4.69, 9.17) is 21.8 Å². The summed E-state index contributed by atoms with van der Waals surface area (Å²) in [6.07, 6.45) is 7.76. The average molecular weight is 365 g/mol. The zero-order valence-electron chi connectivity index (χ0n) is 13.7. The van der Waals surface area contributed by atoms with Crippen LogP contribution in [-0.4, -0.2) is 41.1 Å². The molecule has 2 aliphatic rings. The van der Waals surface area contributed by atoms with Gasteiger partial charge in [0.2, 0.25) is 0 Å². The van der Waals surface area contributed by atoms with Crippen molar-refractivity contribution in [3.05, 3.63) is 46.5 Å². The molecule has 2 unspecified atom stereocenters. The van der Waals surface area contributed by atoms with Crippen molar-refractivity contribution >= 4 is 29.9 Å².